The quantitative estimate of drug-likeness (QED) is 0.480. The number of likely N-dealkylation sites (N-methyl/N-ethyl adjacent to an activating group) is 1. The SMILES string of the molecule is COCCCN1C(=O)C(Nc2ccc(N3CCN(C)CC3)cc2)=C(c2ccc(C)c(C)c2)C1=O. The Morgan fingerprint density at radius 2 is 1.62 bits per heavy atom. The number of rotatable bonds is 8. The van der Waals surface area contributed by atoms with Gasteiger partial charge in [0.05, 0.1) is 5.57 Å². The fourth-order valence-corrected chi connectivity index (χ4v) is 4.39. The van der Waals surface area contributed by atoms with Crippen molar-refractivity contribution >= 4 is 28.8 Å². The average Bonchev–Trinajstić information content (AvgIpc) is 3.06. The van der Waals surface area contributed by atoms with Crippen LogP contribution in [0.15, 0.2) is 48.2 Å². The Morgan fingerprint density at radius 3 is 2.26 bits per heavy atom. The molecule has 0 saturated carbocycles. The molecule has 0 aliphatic carbocycles. The van der Waals surface area contributed by atoms with Gasteiger partial charge in [0, 0.05) is 57.8 Å². The molecule has 0 unspecified atom stereocenters. The van der Waals surface area contributed by atoms with E-state index in [1.165, 1.54) is 4.90 Å². The molecule has 7 nitrogen and oxygen atoms in total. The Labute approximate surface area is 202 Å². The van der Waals surface area contributed by atoms with Crippen LogP contribution in [-0.2, 0) is 14.3 Å². The van der Waals surface area contributed by atoms with Gasteiger partial charge in [-0.3, -0.25) is 14.5 Å². The first kappa shape index (κ1) is 24.0. The van der Waals surface area contributed by atoms with E-state index in [0.29, 0.717) is 30.8 Å². The number of hydrogen-bond donors (Lipinski definition) is 1. The van der Waals surface area contributed by atoms with E-state index in [2.05, 4.69) is 34.3 Å². The molecule has 2 aliphatic heterocycles. The van der Waals surface area contributed by atoms with Crippen molar-refractivity contribution in [3.63, 3.8) is 0 Å². The molecule has 1 saturated heterocycles. The van der Waals surface area contributed by atoms with E-state index in [1.807, 2.05) is 44.2 Å². The van der Waals surface area contributed by atoms with Gasteiger partial charge in [-0.2, -0.15) is 0 Å². The van der Waals surface area contributed by atoms with Gasteiger partial charge in [0.25, 0.3) is 11.8 Å². The maximum atomic E-state index is 13.4. The second-order valence-corrected chi connectivity index (χ2v) is 9.12. The second-order valence-electron chi connectivity index (χ2n) is 9.12. The van der Waals surface area contributed by atoms with Crippen LogP contribution in [-0.4, -0.2) is 75.1 Å². The molecule has 1 fully saturated rings. The molecule has 2 aromatic rings. The molecule has 0 radical (unpaired) electrons. The van der Waals surface area contributed by atoms with Crippen LogP contribution in [0, 0.1) is 13.8 Å². The number of nitrogens with zero attached hydrogens (tertiary/aromatic N) is 3. The molecule has 0 spiro atoms. The minimum absolute atomic E-state index is 0.263. The van der Waals surface area contributed by atoms with E-state index in [9.17, 15) is 9.59 Å². The Hall–Kier alpha value is -3.16. The van der Waals surface area contributed by atoms with Gasteiger partial charge in [-0.25, -0.2) is 0 Å². The summed E-state index contributed by atoms with van der Waals surface area (Å²) in [6, 6.07) is 14.0. The summed E-state index contributed by atoms with van der Waals surface area (Å²) in [6.07, 6.45) is 0.598. The van der Waals surface area contributed by atoms with Crippen LogP contribution in [0.4, 0.5) is 11.4 Å². The van der Waals surface area contributed by atoms with Gasteiger partial charge in [0.2, 0.25) is 0 Å². The van der Waals surface area contributed by atoms with E-state index in [-0.39, 0.29) is 11.8 Å². The number of methoxy groups -OCH3 is 1. The zero-order chi connectivity index (χ0) is 24.2. The fraction of sp³-hybridized carbons (Fsp3) is 0.407. The highest BCUT2D eigenvalue weighted by molar-refractivity contribution is 6.36. The van der Waals surface area contributed by atoms with E-state index in [1.54, 1.807) is 7.11 Å². The summed E-state index contributed by atoms with van der Waals surface area (Å²) in [5, 5.41) is 3.27. The number of carbonyl (C=O) groups is 2. The largest absolute Gasteiger partial charge is 0.385 e. The summed E-state index contributed by atoms with van der Waals surface area (Å²) in [7, 11) is 3.76. The molecule has 4 rings (SSSR count). The number of carbonyl (C=O) groups excluding carboxylic acids is 2. The maximum absolute atomic E-state index is 13.4. The number of nitrogens with one attached hydrogen (secondary N) is 1. The molecule has 2 aromatic carbocycles. The van der Waals surface area contributed by atoms with Crippen LogP contribution in [0.3, 0.4) is 0 Å². The third-order valence-corrected chi connectivity index (χ3v) is 6.70. The van der Waals surface area contributed by atoms with Gasteiger partial charge in [0.1, 0.15) is 5.70 Å². The summed E-state index contributed by atoms with van der Waals surface area (Å²) in [5.74, 6) is -0.557. The van der Waals surface area contributed by atoms with Gasteiger partial charge in [0.15, 0.2) is 0 Å². The lowest BCUT2D eigenvalue weighted by Crippen LogP contribution is -2.44. The molecule has 1 N–H and O–H groups in total. The molecule has 2 amide bonds. The van der Waals surface area contributed by atoms with Gasteiger partial charge in [-0.05, 0) is 68.3 Å². The molecule has 2 heterocycles. The van der Waals surface area contributed by atoms with Crippen LogP contribution in [0.1, 0.15) is 23.1 Å². The number of ether oxygens (including phenoxy) is 1. The number of piperazine rings is 1. The summed E-state index contributed by atoms with van der Waals surface area (Å²) in [4.78, 5) is 32.7. The van der Waals surface area contributed by atoms with Crippen LogP contribution >= 0.6 is 0 Å². The Kier molecular flexibility index (Phi) is 7.34. The predicted molar refractivity (Wildman–Crippen MR) is 136 cm³/mol. The molecule has 0 bridgehead atoms. The first-order chi connectivity index (χ1) is 16.4. The number of hydrogen-bond acceptors (Lipinski definition) is 6. The van der Waals surface area contributed by atoms with Crippen molar-refractivity contribution < 1.29 is 14.3 Å². The van der Waals surface area contributed by atoms with Gasteiger partial charge < -0.3 is 19.9 Å². The van der Waals surface area contributed by atoms with Crippen molar-refractivity contribution in [1.29, 1.82) is 0 Å². The Bertz CT molecular complexity index is 1090. The zero-order valence-corrected chi connectivity index (χ0v) is 20.6. The molecular weight excluding hydrogens is 428 g/mol. The predicted octanol–water partition coefficient (Wildman–Crippen LogP) is 3.28. The average molecular weight is 463 g/mol. The lowest BCUT2D eigenvalue weighted by molar-refractivity contribution is -0.136. The number of benzene rings is 2. The van der Waals surface area contributed by atoms with Crippen LogP contribution in [0.25, 0.3) is 5.57 Å². The van der Waals surface area contributed by atoms with Crippen LogP contribution in [0.5, 0.6) is 0 Å². The topological polar surface area (TPSA) is 65.1 Å². The van der Waals surface area contributed by atoms with Crippen molar-refractivity contribution in [1.82, 2.24) is 9.80 Å². The van der Waals surface area contributed by atoms with Crippen molar-refractivity contribution in [3.8, 4) is 0 Å². The zero-order valence-electron chi connectivity index (χ0n) is 20.6. The Balaban J connectivity index is 1.61. The van der Waals surface area contributed by atoms with Crippen molar-refractivity contribution in [3.05, 3.63) is 64.9 Å². The first-order valence-corrected chi connectivity index (χ1v) is 11.9. The summed E-state index contributed by atoms with van der Waals surface area (Å²) in [5.41, 5.74) is 5.69. The first-order valence-electron chi connectivity index (χ1n) is 11.9. The standard InChI is InChI=1S/C27H34N4O3/c1-19-6-7-21(18-20(19)2)24-25(27(33)31(26(24)32)12-5-17-34-4)28-22-8-10-23(11-9-22)30-15-13-29(3)14-16-30/h6-11,18,28H,5,12-17H2,1-4H3. The van der Waals surface area contributed by atoms with E-state index < -0.39 is 0 Å². The van der Waals surface area contributed by atoms with E-state index in [4.69, 9.17) is 4.74 Å². The molecular formula is C27H34N4O3. The number of aryl methyl sites for hydroxylation is 2. The number of amides is 2. The van der Waals surface area contributed by atoms with Crippen molar-refractivity contribution in [2.24, 2.45) is 0 Å². The molecule has 180 valence electrons. The van der Waals surface area contributed by atoms with Crippen LogP contribution < -0.4 is 10.2 Å². The van der Waals surface area contributed by atoms with Gasteiger partial charge in [-0.15, -0.1) is 0 Å². The Morgan fingerprint density at radius 1 is 0.912 bits per heavy atom. The highest BCUT2D eigenvalue weighted by Gasteiger charge is 2.39. The highest BCUT2D eigenvalue weighted by Crippen LogP contribution is 2.32. The van der Waals surface area contributed by atoms with Crippen LogP contribution in [0.2, 0.25) is 0 Å². The molecule has 7 heteroatoms. The number of imide groups is 1. The van der Waals surface area contributed by atoms with E-state index in [0.717, 1.165) is 54.2 Å². The summed E-state index contributed by atoms with van der Waals surface area (Å²) in [6.45, 7) is 8.95. The highest BCUT2D eigenvalue weighted by atomic mass is 16.5. The third-order valence-electron chi connectivity index (χ3n) is 6.70. The monoisotopic (exact) mass is 462 g/mol. The molecule has 34 heavy (non-hydrogen) atoms. The maximum Gasteiger partial charge on any atom is 0.278 e. The summed E-state index contributed by atoms with van der Waals surface area (Å²) >= 11 is 0. The second kappa shape index (κ2) is 10.4. The molecule has 0 aromatic heterocycles. The van der Waals surface area contributed by atoms with Crippen molar-refractivity contribution in [2.45, 2.75) is 20.3 Å². The van der Waals surface area contributed by atoms with Gasteiger partial charge >= 0.3 is 0 Å². The lowest BCUT2D eigenvalue weighted by atomic mass is 9.99. The minimum atomic E-state index is -0.294. The number of anilines is 2. The smallest absolute Gasteiger partial charge is 0.278 e. The van der Waals surface area contributed by atoms with Gasteiger partial charge in [-0.1, -0.05) is 18.2 Å². The molecule has 2 aliphatic rings. The third kappa shape index (κ3) is 5.00. The van der Waals surface area contributed by atoms with E-state index >= 15 is 0 Å². The molecule has 0 atom stereocenters. The lowest BCUT2D eigenvalue weighted by Gasteiger charge is -2.34. The minimum Gasteiger partial charge on any atom is -0.385 e. The van der Waals surface area contributed by atoms with Crippen molar-refractivity contribution in [2.75, 3.05) is 63.7 Å². The summed E-state index contributed by atoms with van der Waals surface area (Å²) < 4.78 is 5.12. The normalized spacial score (nSPS) is 17.2. The fourth-order valence-electron chi connectivity index (χ4n) is 4.39.